The zero-order valence-electron chi connectivity index (χ0n) is 13.3. The Morgan fingerprint density at radius 3 is 2.75 bits per heavy atom. The third-order valence-corrected chi connectivity index (χ3v) is 3.63. The molecule has 0 spiro atoms. The average Bonchev–Trinajstić information content (AvgIpc) is 3.42. The number of ether oxygens (including phenoxy) is 2. The molecule has 1 saturated carbocycles. The molecule has 3 rings (SSSR count). The minimum Gasteiger partial charge on any atom is -0.483 e. The van der Waals surface area contributed by atoms with E-state index in [1.807, 2.05) is 30.3 Å². The first kappa shape index (κ1) is 16.3. The van der Waals surface area contributed by atoms with Gasteiger partial charge < -0.3 is 19.8 Å². The van der Waals surface area contributed by atoms with E-state index in [0.717, 1.165) is 18.4 Å². The highest BCUT2D eigenvalue weighted by Gasteiger charge is 2.22. The first-order valence-corrected chi connectivity index (χ1v) is 8.02. The SMILES string of the molecule is O=C(NCCOC1CC1)c1[nH]ccc(=O)c1OCc1ccccc1. The summed E-state index contributed by atoms with van der Waals surface area (Å²) in [5.74, 6) is -0.350. The monoisotopic (exact) mass is 328 g/mol. The van der Waals surface area contributed by atoms with E-state index in [4.69, 9.17) is 9.47 Å². The fourth-order valence-electron chi connectivity index (χ4n) is 2.22. The van der Waals surface area contributed by atoms with Crippen LogP contribution < -0.4 is 15.5 Å². The van der Waals surface area contributed by atoms with Crippen LogP contribution in [0.15, 0.2) is 47.4 Å². The van der Waals surface area contributed by atoms with E-state index < -0.39 is 0 Å². The molecule has 0 aliphatic heterocycles. The van der Waals surface area contributed by atoms with Crippen molar-refractivity contribution in [1.29, 1.82) is 0 Å². The van der Waals surface area contributed by atoms with Crippen LogP contribution in [0, 0.1) is 0 Å². The van der Waals surface area contributed by atoms with E-state index in [0.29, 0.717) is 19.3 Å². The summed E-state index contributed by atoms with van der Waals surface area (Å²) in [4.78, 5) is 27.1. The van der Waals surface area contributed by atoms with Crippen LogP contribution in [0.4, 0.5) is 0 Å². The molecule has 24 heavy (non-hydrogen) atoms. The summed E-state index contributed by atoms with van der Waals surface area (Å²) in [6, 6.07) is 10.8. The minimum absolute atomic E-state index is 0.0296. The number of hydrogen-bond donors (Lipinski definition) is 2. The molecule has 1 aromatic carbocycles. The summed E-state index contributed by atoms with van der Waals surface area (Å²) in [6.45, 7) is 1.08. The molecule has 1 aliphatic rings. The number of benzene rings is 1. The van der Waals surface area contributed by atoms with Crippen molar-refractivity contribution >= 4 is 5.91 Å². The van der Waals surface area contributed by atoms with Gasteiger partial charge in [-0.25, -0.2) is 0 Å². The third-order valence-electron chi connectivity index (χ3n) is 3.63. The van der Waals surface area contributed by atoms with Crippen LogP contribution in [0.5, 0.6) is 5.75 Å². The summed E-state index contributed by atoms with van der Waals surface area (Å²) in [6.07, 6.45) is 3.98. The molecule has 0 radical (unpaired) electrons. The summed E-state index contributed by atoms with van der Waals surface area (Å²) >= 11 is 0. The Morgan fingerprint density at radius 1 is 1.21 bits per heavy atom. The van der Waals surface area contributed by atoms with Crippen molar-refractivity contribution in [1.82, 2.24) is 10.3 Å². The number of aromatic amines is 1. The van der Waals surface area contributed by atoms with Gasteiger partial charge in [0.25, 0.3) is 5.91 Å². The number of aromatic nitrogens is 1. The Balaban J connectivity index is 1.62. The molecule has 2 N–H and O–H groups in total. The minimum atomic E-state index is -0.379. The maximum absolute atomic E-state index is 12.3. The predicted molar refractivity (Wildman–Crippen MR) is 89.1 cm³/mol. The van der Waals surface area contributed by atoms with Crippen molar-refractivity contribution in [3.63, 3.8) is 0 Å². The van der Waals surface area contributed by atoms with Crippen LogP contribution in [0.2, 0.25) is 0 Å². The first-order valence-electron chi connectivity index (χ1n) is 8.02. The van der Waals surface area contributed by atoms with Gasteiger partial charge in [-0.1, -0.05) is 30.3 Å². The quantitative estimate of drug-likeness (QED) is 0.725. The van der Waals surface area contributed by atoms with E-state index in [1.165, 1.54) is 12.3 Å². The molecular weight excluding hydrogens is 308 g/mol. The molecular formula is C18H20N2O4. The van der Waals surface area contributed by atoms with E-state index in [1.54, 1.807) is 0 Å². The zero-order valence-corrected chi connectivity index (χ0v) is 13.3. The lowest BCUT2D eigenvalue weighted by Gasteiger charge is -2.11. The molecule has 1 fully saturated rings. The van der Waals surface area contributed by atoms with Crippen LogP contribution in [-0.4, -0.2) is 30.1 Å². The second-order valence-electron chi connectivity index (χ2n) is 5.65. The fourth-order valence-corrected chi connectivity index (χ4v) is 2.22. The molecule has 0 bridgehead atoms. The lowest BCUT2D eigenvalue weighted by Crippen LogP contribution is -2.30. The van der Waals surface area contributed by atoms with E-state index in [9.17, 15) is 9.59 Å². The lowest BCUT2D eigenvalue weighted by atomic mass is 10.2. The Kier molecular flexibility index (Phi) is 5.28. The van der Waals surface area contributed by atoms with E-state index >= 15 is 0 Å². The Labute approximate surface area is 139 Å². The van der Waals surface area contributed by atoms with E-state index in [2.05, 4.69) is 10.3 Å². The Bertz CT molecular complexity index is 738. The van der Waals surface area contributed by atoms with Crippen molar-refractivity contribution in [3.05, 3.63) is 64.1 Å². The van der Waals surface area contributed by atoms with Crippen LogP contribution in [-0.2, 0) is 11.3 Å². The highest BCUT2D eigenvalue weighted by atomic mass is 16.5. The van der Waals surface area contributed by atoms with Gasteiger partial charge in [-0.2, -0.15) is 0 Å². The molecule has 0 saturated heterocycles. The van der Waals surface area contributed by atoms with Gasteiger partial charge in [-0.05, 0) is 18.4 Å². The zero-order chi connectivity index (χ0) is 16.8. The highest BCUT2D eigenvalue weighted by Crippen LogP contribution is 2.22. The molecule has 6 nitrogen and oxygen atoms in total. The molecule has 1 heterocycles. The van der Waals surface area contributed by atoms with Gasteiger partial charge in [0.15, 0.2) is 11.4 Å². The van der Waals surface area contributed by atoms with Crippen molar-refractivity contribution in [2.24, 2.45) is 0 Å². The van der Waals surface area contributed by atoms with Gasteiger partial charge in [0.2, 0.25) is 5.43 Å². The largest absolute Gasteiger partial charge is 0.483 e. The van der Waals surface area contributed by atoms with Gasteiger partial charge in [0.05, 0.1) is 12.7 Å². The number of H-pyrrole nitrogens is 1. The molecule has 0 atom stereocenters. The maximum Gasteiger partial charge on any atom is 0.271 e. The van der Waals surface area contributed by atoms with Gasteiger partial charge in [-0.15, -0.1) is 0 Å². The van der Waals surface area contributed by atoms with Crippen molar-refractivity contribution < 1.29 is 14.3 Å². The van der Waals surface area contributed by atoms with E-state index in [-0.39, 0.29) is 29.4 Å². The Morgan fingerprint density at radius 2 is 2.00 bits per heavy atom. The van der Waals surface area contributed by atoms with Crippen molar-refractivity contribution in [2.45, 2.75) is 25.6 Å². The molecule has 1 aliphatic carbocycles. The summed E-state index contributed by atoms with van der Waals surface area (Å²) in [5.41, 5.74) is 0.721. The summed E-state index contributed by atoms with van der Waals surface area (Å²) in [7, 11) is 0. The standard InChI is InChI=1S/C18H20N2O4/c21-15-8-9-19-16(18(22)20-10-11-23-14-6-7-14)17(15)24-12-13-4-2-1-3-5-13/h1-5,8-9,14H,6-7,10-12H2,(H,19,21)(H,20,22). The normalized spacial score (nSPS) is 13.5. The van der Waals surface area contributed by atoms with Crippen LogP contribution in [0.3, 0.4) is 0 Å². The predicted octanol–water partition coefficient (Wildman–Crippen LogP) is 1.86. The van der Waals surface area contributed by atoms with Gasteiger partial charge >= 0.3 is 0 Å². The summed E-state index contributed by atoms with van der Waals surface area (Å²) in [5, 5.41) is 2.73. The number of rotatable bonds is 8. The van der Waals surface area contributed by atoms with Crippen molar-refractivity contribution in [3.8, 4) is 5.75 Å². The van der Waals surface area contributed by atoms with Gasteiger partial charge in [0.1, 0.15) is 6.61 Å². The number of carbonyl (C=O) groups is 1. The fraction of sp³-hybridized carbons (Fsp3) is 0.333. The second-order valence-corrected chi connectivity index (χ2v) is 5.65. The average molecular weight is 328 g/mol. The Hall–Kier alpha value is -2.60. The highest BCUT2D eigenvalue weighted by molar-refractivity contribution is 5.94. The number of amides is 1. The summed E-state index contributed by atoms with van der Waals surface area (Å²) < 4.78 is 11.1. The van der Waals surface area contributed by atoms with Crippen LogP contribution in [0.25, 0.3) is 0 Å². The molecule has 1 amide bonds. The maximum atomic E-state index is 12.3. The molecule has 1 aromatic heterocycles. The molecule has 126 valence electrons. The second kappa shape index (κ2) is 7.79. The number of pyridine rings is 1. The van der Waals surface area contributed by atoms with Crippen LogP contribution >= 0.6 is 0 Å². The first-order chi connectivity index (χ1) is 11.7. The topological polar surface area (TPSA) is 80.4 Å². The third kappa shape index (κ3) is 4.45. The van der Waals surface area contributed by atoms with Gasteiger partial charge in [0, 0.05) is 18.8 Å². The lowest BCUT2D eigenvalue weighted by molar-refractivity contribution is 0.0889. The number of hydrogen-bond acceptors (Lipinski definition) is 4. The van der Waals surface area contributed by atoms with Gasteiger partial charge in [-0.3, -0.25) is 9.59 Å². The molecule has 6 heteroatoms. The van der Waals surface area contributed by atoms with Crippen molar-refractivity contribution in [2.75, 3.05) is 13.2 Å². The smallest absolute Gasteiger partial charge is 0.271 e. The molecule has 2 aromatic rings. The van der Waals surface area contributed by atoms with Crippen LogP contribution in [0.1, 0.15) is 28.9 Å². The number of carbonyl (C=O) groups excluding carboxylic acids is 1. The number of nitrogens with one attached hydrogen (secondary N) is 2. The molecule has 0 unspecified atom stereocenters.